The van der Waals surface area contributed by atoms with Gasteiger partial charge in [0, 0.05) is 31.6 Å². The summed E-state index contributed by atoms with van der Waals surface area (Å²) in [5, 5.41) is 9.74. The summed E-state index contributed by atoms with van der Waals surface area (Å²) in [6.45, 7) is 4.38. The molecule has 0 amide bonds. The fourth-order valence-electron chi connectivity index (χ4n) is 2.75. The molecule has 0 aliphatic carbocycles. The van der Waals surface area contributed by atoms with E-state index in [-0.39, 0.29) is 12.3 Å². The summed E-state index contributed by atoms with van der Waals surface area (Å²) in [7, 11) is -3.21. The van der Waals surface area contributed by atoms with Gasteiger partial charge in [0.05, 0.1) is 12.3 Å². The minimum atomic E-state index is -3.21. The highest BCUT2D eigenvalue weighted by Gasteiger charge is 2.10. The van der Waals surface area contributed by atoms with Gasteiger partial charge in [0.25, 0.3) is 0 Å². The second-order valence-corrected chi connectivity index (χ2v) is 8.89. The third-order valence-corrected chi connectivity index (χ3v) is 4.92. The van der Waals surface area contributed by atoms with Crippen molar-refractivity contribution in [1.82, 2.24) is 10.6 Å². The number of guanidine groups is 1. The van der Waals surface area contributed by atoms with Gasteiger partial charge < -0.3 is 16.0 Å². The number of hydrogen-bond donors (Lipinski definition) is 3. The van der Waals surface area contributed by atoms with Gasteiger partial charge in [-0.3, -0.25) is 0 Å². The lowest BCUT2D eigenvalue weighted by Crippen LogP contribution is -2.38. The molecule has 0 aliphatic heterocycles. The van der Waals surface area contributed by atoms with Gasteiger partial charge in [0.2, 0.25) is 0 Å². The molecular formula is C21H29FN4O2S. The summed E-state index contributed by atoms with van der Waals surface area (Å²) in [4.78, 5) is 4.48. The van der Waals surface area contributed by atoms with Gasteiger partial charge in [-0.25, -0.2) is 17.8 Å². The van der Waals surface area contributed by atoms with Crippen LogP contribution in [-0.4, -0.2) is 40.3 Å². The Morgan fingerprint density at radius 2 is 1.79 bits per heavy atom. The van der Waals surface area contributed by atoms with Crippen molar-refractivity contribution in [3.63, 3.8) is 0 Å². The van der Waals surface area contributed by atoms with Crippen LogP contribution < -0.4 is 16.0 Å². The second kappa shape index (κ2) is 11.4. The predicted molar refractivity (Wildman–Crippen MR) is 117 cm³/mol. The molecule has 0 bridgehead atoms. The van der Waals surface area contributed by atoms with Gasteiger partial charge in [-0.15, -0.1) is 0 Å². The summed E-state index contributed by atoms with van der Waals surface area (Å²) in [6, 6.07) is 14.1. The summed E-state index contributed by atoms with van der Waals surface area (Å²) >= 11 is 0. The van der Waals surface area contributed by atoms with Crippen LogP contribution in [-0.2, 0) is 22.1 Å². The van der Waals surface area contributed by atoms with Crippen LogP contribution in [0.25, 0.3) is 0 Å². The van der Waals surface area contributed by atoms with Crippen molar-refractivity contribution in [2.75, 3.05) is 31.2 Å². The van der Waals surface area contributed by atoms with E-state index >= 15 is 0 Å². The Morgan fingerprint density at radius 1 is 1.03 bits per heavy atom. The number of halogens is 1. The van der Waals surface area contributed by atoms with Crippen LogP contribution >= 0.6 is 0 Å². The monoisotopic (exact) mass is 420 g/mol. The lowest BCUT2D eigenvalue weighted by molar-refractivity contribution is 0.600. The Kier molecular flexibility index (Phi) is 8.92. The first kappa shape index (κ1) is 22.7. The third kappa shape index (κ3) is 8.95. The number of hydrogen-bond acceptors (Lipinski definition) is 4. The quantitative estimate of drug-likeness (QED) is 0.313. The first-order valence-corrected chi connectivity index (χ1v) is 11.7. The number of anilines is 1. The molecular weight excluding hydrogens is 391 g/mol. The second-order valence-electron chi connectivity index (χ2n) is 6.75. The molecule has 6 nitrogen and oxygen atoms in total. The van der Waals surface area contributed by atoms with Crippen LogP contribution in [0.15, 0.2) is 53.5 Å². The van der Waals surface area contributed by atoms with Crippen molar-refractivity contribution in [2.24, 2.45) is 4.99 Å². The number of para-hydroxylation sites is 1. The molecule has 3 N–H and O–H groups in total. The van der Waals surface area contributed by atoms with E-state index in [1.54, 1.807) is 0 Å². The Bertz CT molecular complexity index is 902. The van der Waals surface area contributed by atoms with E-state index in [0.29, 0.717) is 30.2 Å². The zero-order valence-corrected chi connectivity index (χ0v) is 17.7. The molecule has 0 radical (unpaired) electrons. The maximum absolute atomic E-state index is 13.6. The molecule has 29 heavy (non-hydrogen) atoms. The van der Waals surface area contributed by atoms with Gasteiger partial charge in [-0.2, -0.15) is 0 Å². The van der Waals surface area contributed by atoms with Crippen LogP contribution in [0.4, 0.5) is 10.1 Å². The Hall–Kier alpha value is -2.61. The summed E-state index contributed by atoms with van der Waals surface area (Å²) in [6.07, 6.45) is 2.05. The van der Waals surface area contributed by atoms with Crippen molar-refractivity contribution in [1.29, 1.82) is 0 Å². The molecule has 0 spiro atoms. The average molecular weight is 421 g/mol. The fraction of sp³-hybridized carbons (Fsp3) is 0.381. The van der Waals surface area contributed by atoms with E-state index in [4.69, 9.17) is 0 Å². The van der Waals surface area contributed by atoms with E-state index < -0.39 is 15.7 Å². The highest BCUT2D eigenvalue weighted by atomic mass is 32.2. The van der Waals surface area contributed by atoms with Gasteiger partial charge in [0.1, 0.15) is 5.82 Å². The molecule has 0 fully saturated rings. The van der Waals surface area contributed by atoms with Crippen molar-refractivity contribution < 1.29 is 12.8 Å². The standard InChI is InChI=1S/C21H29FN4O2S/c1-3-23-21(25-13-7-12-24-20-8-5-4-6-9-20)26-15-18-14-19(22)11-10-17(18)16-29(2,27)28/h4-6,8-11,14,24H,3,7,12-13,15-16H2,1-2H3,(H2,23,25,26). The van der Waals surface area contributed by atoms with Crippen LogP contribution in [0, 0.1) is 5.82 Å². The van der Waals surface area contributed by atoms with Crippen LogP contribution in [0.3, 0.4) is 0 Å². The molecule has 0 heterocycles. The van der Waals surface area contributed by atoms with Gasteiger partial charge in [0.15, 0.2) is 15.8 Å². The number of benzene rings is 2. The van der Waals surface area contributed by atoms with E-state index in [1.165, 1.54) is 24.5 Å². The average Bonchev–Trinajstić information content (AvgIpc) is 2.67. The minimum Gasteiger partial charge on any atom is -0.385 e. The minimum absolute atomic E-state index is 0.132. The van der Waals surface area contributed by atoms with E-state index in [9.17, 15) is 12.8 Å². The van der Waals surface area contributed by atoms with Gasteiger partial charge >= 0.3 is 0 Å². The van der Waals surface area contributed by atoms with E-state index in [0.717, 1.165) is 18.7 Å². The van der Waals surface area contributed by atoms with Crippen LogP contribution in [0.5, 0.6) is 0 Å². The van der Waals surface area contributed by atoms with Crippen molar-refractivity contribution in [3.8, 4) is 0 Å². The Balaban J connectivity index is 1.92. The molecule has 2 aromatic rings. The summed E-state index contributed by atoms with van der Waals surface area (Å²) in [5.41, 5.74) is 2.22. The molecule has 0 saturated carbocycles. The topological polar surface area (TPSA) is 82.6 Å². The number of sulfone groups is 1. The normalized spacial score (nSPS) is 11.9. The smallest absolute Gasteiger partial charge is 0.191 e. The van der Waals surface area contributed by atoms with Gasteiger partial charge in [-0.05, 0) is 48.7 Å². The highest BCUT2D eigenvalue weighted by molar-refractivity contribution is 7.89. The number of aliphatic imine (C=N–C) groups is 1. The van der Waals surface area contributed by atoms with Crippen LogP contribution in [0.2, 0.25) is 0 Å². The summed E-state index contributed by atoms with van der Waals surface area (Å²) < 4.78 is 36.9. The molecule has 2 rings (SSSR count). The van der Waals surface area contributed by atoms with Crippen molar-refractivity contribution >= 4 is 21.5 Å². The summed E-state index contributed by atoms with van der Waals surface area (Å²) in [5.74, 6) is 0.0759. The van der Waals surface area contributed by atoms with E-state index in [2.05, 4.69) is 20.9 Å². The number of nitrogens with one attached hydrogen (secondary N) is 3. The first-order chi connectivity index (χ1) is 13.9. The maximum atomic E-state index is 13.6. The molecule has 2 aromatic carbocycles. The zero-order valence-electron chi connectivity index (χ0n) is 16.9. The molecule has 158 valence electrons. The highest BCUT2D eigenvalue weighted by Crippen LogP contribution is 2.15. The molecule has 8 heteroatoms. The third-order valence-electron chi connectivity index (χ3n) is 4.09. The predicted octanol–water partition coefficient (Wildman–Crippen LogP) is 2.93. The number of nitrogens with zero attached hydrogens (tertiary/aromatic N) is 1. The van der Waals surface area contributed by atoms with Gasteiger partial charge in [-0.1, -0.05) is 24.3 Å². The van der Waals surface area contributed by atoms with Crippen LogP contribution in [0.1, 0.15) is 24.5 Å². The zero-order chi connectivity index (χ0) is 21.1. The molecule has 0 aromatic heterocycles. The molecule has 0 saturated heterocycles. The Morgan fingerprint density at radius 3 is 2.48 bits per heavy atom. The lowest BCUT2D eigenvalue weighted by atomic mass is 10.1. The lowest BCUT2D eigenvalue weighted by Gasteiger charge is -2.13. The molecule has 0 aliphatic rings. The number of rotatable bonds is 10. The largest absolute Gasteiger partial charge is 0.385 e. The van der Waals surface area contributed by atoms with Crippen molar-refractivity contribution in [3.05, 3.63) is 65.5 Å². The maximum Gasteiger partial charge on any atom is 0.191 e. The Labute approximate surface area is 172 Å². The van der Waals surface area contributed by atoms with E-state index in [1.807, 2.05) is 37.3 Å². The molecule has 0 atom stereocenters. The SMILES string of the molecule is CCNC(=NCc1cc(F)ccc1CS(C)(=O)=O)NCCCNc1ccccc1. The fourth-order valence-corrected chi connectivity index (χ4v) is 3.60. The molecule has 0 unspecified atom stereocenters. The first-order valence-electron chi connectivity index (χ1n) is 9.63. The van der Waals surface area contributed by atoms with Crippen molar-refractivity contribution in [2.45, 2.75) is 25.6 Å².